The minimum absolute atomic E-state index is 0.122. The Bertz CT molecular complexity index is 1010. The molecule has 148 valence electrons. The fourth-order valence-corrected chi connectivity index (χ4v) is 5.27. The van der Waals surface area contributed by atoms with Gasteiger partial charge >= 0.3 is 0 Å². The fraction of sp³-hybridized carbons (Fsp3) is 0.318. The second-order valence-electron chi connectivity index (χ2n) is 7.80. The van der Waals surface area contributed by atoms with Crippen LogP contribution in [0.15, 0.2) is 48.5 Å². The van der Waals surface area contributed by atoms with Crippen LogP contribution in [-0.4, -0.2) is 41.1 Å². The van der Waals surface area contributed by atoms with Crippen molar-refractivity contribution in [3.05, 3.63) is 64.9 Å². The standard InChI is InChI=1S/C22H18ClFN2O3/c23-13-5-9-15(10-6-13)26-21(28)17-16-2-1-11-25(16)19(18(17)22(26)29)20(27)12-3-7-14(24)8-4-12/h3-10,16-19H,1-2,11H2/t16-,17+,18+,19+/m0/s1. The Morgan fingerprint density at radius 2 is 1.62 bits per heavy atom. The van der Waals surface area contributed by atoms with E-state index in [2.05, 4.69) is 0 Å². The van der Waals surface area contributed by atoms with E-state index in [-0.39, 0.29) is 23.6 Å². The number of halogens is 2. The van der Waals surface area contributed by atoms with Crippen molar-refractivity contribution in [1.82, 2.24) is 4.90 Å². The summed E-state index contributed by atoms with van der Waals surface area (Å²) < 4.78 is 13.3. The highest BCUT2D eigenvalue weighted by Crippen LogP contribution is 2.48. The van der Waals surface area contributed by atoms with E-state index < -0.39 is 23.7 Å². The van der Waals surface area contributed by atoms with E-state index in [0.29, 0.717) is 22.8 Å². The molecule has 0 aromatic heterocycles. The van der Waals surface area contributed by atoms with Crippen molar-refractivity contribution in [1.29, 1.82) is 0 Å². The van der Waals surface area contributed by atoms with Gasteiger partial charge in [0.15, 0.2) is 5.78 Å². The summed E-state index contributed by atoms with van der Waals surface area (Å²) in [6.07, 6.45) is 1.66. The molecule has 0 radical (unpaired) electrons. The Kier molecular flexibility index (Phi) is 4.29. The van der Waals surface area contributed by atoms with E-state index in [1.165, 1.54) is 29.2 Å². The highest BCUT2D eigenvalue weighted by atomic mass is 35.5. The summed E-state index contributed by atoms with van der Waals surface area (Å²) in [4.78, 5) is 43.1. The van der Waals surface area contributed by atoms with Gasteiger partial charge in [0.25, 0.3) is 0 Å². The predicted molar refractivity (Wildman–Crippen MR) is 105 cm³/mol. The normalized spacial score (nSPS) is 28.7. The second kappa shape index (κ2) is 6.75. The van der Waals surface area contributed by atoms with Crippen molar-refractivity contribution in [2.24, 2.45) is 11.8 Å². The number of carbonyl (C=O) groups excluding carboxylic acids is 3. The van der Waals surface area contributed by atoms with Crippen molar-refractivity contribution in [2.75, 3.05) is 11.4 Å². The zero-order valence-corrected chi connectivity index (χ0v) is 16.2. The first-order chi connectivity index (χ1) is 14.0. The summed E-state index contributed by atoms with van der Waals surface area (Å²) in [6.45, 7) is 0.677. The number of hydrogen-bond acceptors (Lipinski definition) is 4. The minimum atomic E-state index is -0.721. The van der Waals surface area contributed by atoms with Gasteiger partial charge < -0.3 is 0 Å². The number of carbonyl (C=O) groups is 3. The molecule has 4 atom stereocenters. The lowest BCUT2D eigenvalue weighted by Crippen LogP contribution is -2.46. The molecule has 0 spiro atoms. The van der Waals surface area contributed by atoms with Crippen LogP contribution in [0.25, 0.3) is 0 Å². The fourth-order valence-electron chi connectivity index (χ4n) is 5.14. The molecule has 2 aromatic rings. The van der Waals surface area contributed by atoms with Gasteiger partial charge in [0.05, 0.1) is 23.6 Å². The maximum absolute atomic E-state index is 13.3. The van der Waals surface area contributed by atoms with Gasteiger partial charge in [-0.05, 0) is 67.9 Å². The molecule has 2 aromatic carbocycles. The Labute approximate surface area is 172 Å². The van der Waals surface area contributed by atoms with Gasteiger partial charge in [-0.3, -0.25) is 19.3 Å². The summed E-state index contributed by atoms with van der Waals surface area (Å²) in [5.41, 5.74) is 0.823. The second-order valence-corrected chi connectivity index (χ2v) is 8.24. The zero-order chi connectivity index (χ0) is 20.3. The quantitative estimate of drug-likeness (QED) is 0.573. The molecule has 0 aliphatic carbocycles. The molecular weight excluding hydrogens is 395 g/mol. The number of benzene rings is 2. The van der Waals surface area contributed by atoms with Gasteiger partial charge in [0.1, 0.15) is 5.82 Å². The molecule has 3 fully saturated rings. The molecule has 5 rings (SSSR count). The maximum Gasteiger partial charge on any atom is 0.239 e. The van der Waals surface area contributed by atoms with Crippen molar-refractivity contribution < 1.29 is 18.8 Å². The average Bonchev–Trinajstić information content (AvgIpc) is 3.35. The zero-order valence-electron chi connectivity index (χ0n) is 15.4. The minimum Gasteiger partial charge on any atom is -0.292 e. The smallest absolute Gasteiger partial charge is 0.239 e. The molecule has 3 aliphatic rings. The monoisotopic (exact) mass is 412 g/mol. The number of nitrogens with zero attached hydrogens (tertiary/aromatic N) is 2. The van der Waals surface area contributed by atoms with E-state index in [9.17, 15) is 18.8 Å². The van der Waals surface area contributed by atoms with Crippen LogP contribution in [0.4, 0.5) is 10.1 Å². The van der Waals surface area contributed by atoms with Crippen molar-refractivity contribution in [2.45, 2.75) is 24.9 Å². The number of rotatable bonds is 3. The Morgan fingerprint density at radius 1 is 0.966 bits per heavy atom. The lowest BCUT2D eigenvalue weighted by Gasteiger charge is -2.27. The van der Waals surface area contributed by atoms with Crippen LogP contribution in [-0.2, 0) is 9.59 Å². The van der Waals surface area contributed by atoms with E-state index in [4.69, 9.17) is 11.6 Å². The van der Waals surface area contributed by atoms with E-state index in [0.717, 1.165) is 12.8 Å². The number of amides is 2. The van der Waals surface area contributed by atoms with Gasteiger partial charge in [-0.2, -0.15) is 0 Å². The third-order valence-electron chi connectivity index (χ3n) is 6.33. The Balaban J connectivity index is 1.54. The summed E-state index contributed by atoms with van der Waals surface area (Å²) in [5, 5.41) is 0.513. The summed E-state index contributed by atoms with van der Waals surface area (Å²) in [7, 11) is 0. The predicted octanol–water partition coefficient (Wildman–Crippen LogP) is 3.31. The van der Waals surface area contributed by atoms with Crippen LogP contribution in [0.3, 0.4) is 0 Å². The molecule has 29 heavy (non-hydrogen) atoms. The first-order valence-corrected chi connectivity index (χ1v) is 10.0. The van der Waals surface area contributed by atoms with Crippen molar-refractivity contribution >= 4 is 34.9 Å². The Morgan fingerprint density at radius 3 is 2.31 bits per heavy atom. The van der Waals surface area contributed by atoms with Crippen LogP contribution in [0.2, 0.25) is 5.02 Å². The number of anilines is 1. The van der Waals surface area contributed by atoms with Gasteiger partial charge in [-0.1, -0.05) is 11.6 Å². The average molecular weight is 413 g/mol. The molecule has 7 heteroatoms. The van der Waals surface area contributed by atoms with Gasteiger partial charge in [0.2, 0.25) is 11.8 Å². The van der Waals surface area contributed by atoms with E-state index in [1.54, 1.807) is 24.3 Å². The largest absolute Gasteiger partial charge is 0.292 e. The van der Waals surface area contributed by atoms with Crippen LogP contribution in [0.5, 0.6) is 0 Å². The lowest BCUT2D eigenvalue weighted by atomic mass is 9.85. The molecular formula is C22H18ClFN2O3. The molecule has 0 saturated carbocycles. The van der Waals surface area contributed by atoms with Crippen molar-refractivity contribution in [3.63, 3.8) is 0 Å². The topological polar surface area (TPSA) is 57.7 Å². The molecule has 3 saturated heterocycles. The molecule has 3 heterocycles. The lowest BCUT2D eigenvalue weighted by molar-refractivity contribution is -0.123. The van der Waals surface area contributed by atoms with Crippen LogP contribution < -0.4 is 4.90 Å². The number of fused-ring (bicyclic) bond motifs is 3. The third-order valence-corrected chi connectivity index (χ3v) is 6.59. The molecule has 5 nitrogen and oxygen atoms in total. The first kappa shape index (κ1) is 18.5. The summed E-state index contributed by atoms with van der Waals surface area (Å²) in [5.74, 6) is -2.52. The Hall–Kier alpha value is -2.57. The maximum atomic E-state index is 13.3. The molecule has 2 amide bonds. The third kappa shape index (κ3) is 2.74. The number of ketones is 1. The van der Waals surface area contributed by atoms with E-state index >= 15 is 0 Å². The molecule has 0 unspecified atom stereocenters. The van der Waals surface area contributed by atoms with Crippen LogP contribution in [0, 0.1) is 17.7 Å². The van der Waals surface area contributed by atoms with Crippen LogP contribution >= 0.6 is 11.6 Å². The highest BCUT2D eigenvalue weighted by Gasteiger charge is 2.64. The van der Waals surface area contributed by atoms with Gasteiger partial charge in [-0.25, -0.2) is 9.29 Å². The number of imide groups is 1. The highest BCUT2D eigenvalue weighted by molar-refractivity contribution is 6.31. The molecule has 0 bridgehead atoms. The first-order valence-electron chi connectivity index (χ1n) is 9.66. The van der Waals surface area contributed by atoms with Gasteiger partial charge in [-0.15, -0.1) is 0 Å². The molecule has 0 N–H and O–H groups in total. The number of Topliss-reactive ketones (excluding diaryl/α,β-unsaturated/α-hetero) is 1. The number of hydrogen-bond donors (Lipinski definition) is 0. The SMILES string of the molecule is O=C(c1ccc(F)cc1)[C@H]1[C@@H]2C(=O)N(c3ccc(Cl)cc3)C(=O)[C@@H]2[C@@H]2CCCN21. The van der Waals surface area contributed by atoms with Gasteiger partial charge in [0, 0.05) is 16.6 Å². The van der Waals surface area contributed by atoms with Crippen LogP contribution in [0.1, 0.15) is 23.2 Å². The summed E-state index contributed by atoms with van der Waals surface area (Å²) >= 11 is 5.94. The molecule has 3 aliphatic heterocycles. The summed E-state index contributed by atoms with van der Waals surface area (Å²) in [6, 6.07) is 11.1. The van der Waals surface area contributed by atoms with Crippen molar-refractivity contribution in [3.8, 4) is 0 Å². The van der Waals surface area contributed by atoms with E-state index in [1.807, 2.05) is 4.90 Å².